The number of rotatable bonds is 2. The molecule has 3 N–H and O–H groups in total. The van der Waals surface area contributed by atoms with E-state index < -0.39 is 0 Å². The van der Waals surface area contributed by atoms with E-state index in [4.69, 9.17) is 5.73 Å². The van der Waals surface area contributed by atoms with E-state index in [1.165, 1.54) is 12.8 Å². The van der Waals surface area contributed by atoms with E-state index in [0.717, 1.165) is 24.7 Å². The van der Waals surface area contributed by atoms with Gasteiger partial charge in [-0.05, 0) is 18.8 Å². The Morgan fingerprint density at radius 1 is 1.50 bits per heavy atom. The Balaban J connectivity index is 1.96. The molecule has 1 unspecified atom stereocenters. The molecular formula is C14H26N6. The molecule has 6 heteroatoms. The summed E-state index contributed by atoms with van der Waals surface area (Å²) in [5.41, 5.74) is 6.02. The average molecular weight is 278 g/mol. The fourth-order valence-corrected chi connectivity index (χ4v) is 2.35. The van der Waals surface area contributed by atoms with Gasteiger partial charge < -0.3 is 10.6 Å². The maximum Gasteiger partial charge on any atom is 0.191 e. The van der Waals surface area contributed by atoms with Crippen LogP contribution in [-0.2, 0) is 12.0 Å². The molecule has 0 amide bonds. The highest BCUT2D eigenvalue weighted by Crippen LogP contribution is 2.18. The zero-order chi connectivity index (χ0) is 14.8. The van der Waals surface area contributed by atoms with E-state index in [2.05, 4.69) is 52.8 Å². The van der Waals surface area contributed by atoms with Crippen molar-refractivity contribution in [1.29, 1.82) is 0 Å². The van der Waals surface area contributed by atoms with Crippen molar-refractivity contribution in [3.05, 3.63) is 11.6 Å². The normalized spacial score (nSPS) is 21.3. The van der Waals surface area contributed by atoms with Crippen LogP contribution < -0.4 is 5.73 Å². The van der Waals surface area contributed by atoms with Crippen LogP contribution in [0.2, 0.25) is 0 Å². The van der Waals surface area contributed by atoms with Gasteiger partial charge in [0.2, 0.25) is 0 Å². The maximum atomic E-state index is 6.06. The molecule has 112 valence electrons. The minimum absolute atomic E-state index is 0.0493. The maximum absolute atomic E-state index is 6.06. The van der Waals surface area contributed by atoms with Crippen LogP contribution in [-0.4, -0.2) is 39.1 Å². The summed E-state index contributed by atoms with van der Waals surface area (Å²) >= 11 is 0. The van der Waals surface area contributed by atoms with Crippen LogP contribution in [0.25, 0.3) is 0 Å². The van der Waals surface area contributed by atoms with E-state index in [0.29, 0.717) is 18.4 Å². The van der Waals surface area contributed by atoms with E-state index in [1.807, 2.05) is 0 Å². The minimum atomic E-state index is -0.0493. The Morgan fingerprint density at radius 3 is 2.85 bits per heavy atom. The summed E-state index contributed by atoms with van der Waals surface area (Å²) in [6.45, 7) is 11.0. The highest BCUT2D eigenvalue weighted by Gasteiger charge is 2.20. The van der Waals surface area contributed by atoms with Gasteiger partial charge in [0.05, 0.1) is 0 Å². The molecule has 0 spiro atoms. The molecule has 1 fully saturated rings. The fraction of sp³-hybridized carbons (Fsp3) is 0.786. The second kappa shape index (κ2) is 5.81. The summed E-state index contributed by atoms with van der Waals surface area (Å²) in [5.74, 6) is 2.89. The summed E-state index contributed by atoms with van der Waals surface area (Å²) < 4.78 is 0. The Labute approximate surface area is 120 Å². The molecule has 0 bridgehead atoms. The molecule has 0 aliphatic carbocycles. The van der Waals surface area contributed by atoms with Gasteiger partial charge in [0.1, 0.15) is 12.4 Å². The van der Waals surface area contributed by atoms with E-state index in [-0.39, 0.29) is 5.41 Å². The number of likely N-dealkylation sites (tertiary alicyclic amines) is 1. The summed E-state index contributed by atoms with van der Waals surface area (Å²) in [6, 6.07) is 0. The molecule has 1 aromatic rings. The topological polar surface area (TPSA) is 83.2 Å². The number of aromatic amines is 1. The summed E-state index contributed by atoms with van der Waals surface area (Å²) in [6.07, 6.45) is 2.47. The molecule has 2 rings (SSSR count). The standard InChI is InChI=1S/C14H26N6/c1-10-6-5-7-20(9-10)13(15)16-8-11-17-12(19-18-11)14(2,3)4/h10H,5-9H2,1-4H3,(H2,15,16)(H,17,18,19). The quantitative estimate of drug-likeness (QED) is 0.636. The lowest BCUT2D eigenvalue weighted by atomic mass is 9.96. The second-order valence-electron chi connectivity index (χ2n) is 6.72. The molecule has 1 saturated heterocycles. The van der Waals surface area contributed by atoms with Gasteiger partial charge in [-0.1, -0.05) is 27.7 Å². The van der Waals surface area contributed by atoms with Gasteiger partial charge in [-0.15, -0.1) is 0 Å². The smallest absolute Gasteiger partial charge is 0.191 e. The van der Waals surface area contributed by atoms with E-state index in [9.17, 15) is 0 Å². The Hall–Kier alpha value is -1.59. The number of hydrogen-bond donors (Lipinski definition) is 2. The average Bonchev–Trinajstić information content (AvgIpc) is 2.84. The number of hydrogen-bond acceptors (Lipinski definition) is 3. The predicted octanol–water partition coefficient (Wildman–Crippen LogP) is 1.65. The zero-order valence-electron chi connectivity index (χ0n) is 13.0. The third kappa shape index (κ3) is 3.71. The first kappa shape index (κ1) is 14.8. The lowest BCUT2D eigenvalue weighted by Gasteiger charge is -2.31. The molecular weight excluding hydrogens is 252 g/mol. The largest absolute Gasteiger partial charge is 0.370 e. The molecule has 0 radical (unpaired) electrons. The summed E-state index contributed by atoms with van der Waals surface area (Å²) in [5, 5.41) is 7.17. The summed E-state index contributed by atoms with van der Waals surface area (Å²) in [7, 11) is 0. The lowest BCUT2D eigenvalue weighted by Crippen LogP contribution is -2.43. The minimum Gasteiger partial charge on any atom is -0.370 e. The number of nitrogens with one attached hydrogen (secondary N) is 1. The number of piperidine rings is 1. The molecule has 2 heterocycles. The van der Waals surface area contributed by atoms with Crippen molar-refractivity contribution in [2.24, 2.45) is 16.6 Å². The Bertz CT molecular complexity index is 470. The Kier molecular flexibility index (Phi) is 4.30. The van der Waals surface area contributed by atoms with Gasteiger partial charge >= 0.3 is 0 Å². The molecule has 20 heavy (non-hydrogen) atoms. The van der Waals surface area contributed by atoms with E-state index >= 15 is 0 Å². The number of guanidine groups is 1. The van der Waals surface area contributed by atoms with Crippen molar-refractivity contribution in [1.82, 2.24) is 20.1 Å². The van der Waals surface area contributed by atoms with Crippen molar-refractivity contribution in [2.45, 2.75) is 52.5 Å². The first-order chi connectivity index (χ1) is 9.36. The zero-order valence-corrected chi connectivity index (χ0v) is 13.0. The third-order valence-electron chi connectivity index (χ3n) is 3.57. The van der Waals surface area contributed by atoms with Crippen molar-refractivity contribution in [3.8, 4) is 0 Å². The van der Waals surface area contributed by atoms with Crippen LogP contribution in [0, 0.1) is 5.92 Å². The molecule has 1 atom stereocenters. The summed E-state index contributed by atoms with van der Waals surface area (Å²) in [4.78, 5) is 11.1. The van der Waals surface area contributed by atoms with Crippen molar-refractivity contribution in [3.63, 3.8) is 0 Å². The van der Waals surface area contributed by atoms with Gasteiger partial charge in [0.25, 0.3) is 0 Å². The van der Waals surface area contributed by atoms with Crippen LogP contribution in [0.1, 0.15) is 52.2 Å². The van der Waals surface area contributed by atoms with Crippen LogP contribution in [0.4, 0.5) is 0 Å². The SMILES string of the molecule is CC1CCCN(C(N)=NCc2nc(C(C)(C)C)n[nH]2)C1. The first-order valence-electron chi connectivity index (χ1n) is 7.33. The first-order valence-corrected chi connectivity index (χ1v) is 7.33. The third-order valence-corrected chi connectivity index (χ3v) is 3.57. The number of aliphatic imine (C=N–C) groups is 1. The van der Waals surface area contributed by atoms with Gasteiger partial charge in [0, 0.05) is 18.5 Å². The van der Waals surface area contributed by atoms with Gasteiger partial charge in [-0.2, -0.15) is 5.10 Å². The lowest BCUT2D eigenvalue weighted by molar-refractivity contribution is 0.270. The number of nitrogens with zero attached hydrogens (tertiary/aromatic N) is 4. The number of nitrogens with two attached hydrogens (primary N) is 1. The number of H-pyrrole nitrogens is 1. The van der Waals surface area contributed by atoms with Gasteiger partial charge in [0.15, 0.2) is 11.8 Å². The fourth-order valence-electron chi connectivity index (χ4n) is 2.35. The van der Waals surface area contributed by atoms with Crippen molar-refractivity contribution < 1.29 is 0 Å². The predicted molar refractivity (Wildman–Crippen MR) is 80.4 cm³/mol. The van der Waals surface area contributed by atoms with Gasteiger partial charge in [-0.3, -0.25) is 5.10 Å². The molecule has 1 aliphatic rings. The van der Waals surface area contributed by atoms with Crippen LogP contribution in [0.3, 0.4) is 0 Å². The van der Waals surface area contributed by atoms with Crippen LogP contribution in [0.15, 0.2) is 4.99 Å². The van der Waals surface area contributed by atoms with Crippen LogP contribution in [0.5, 0.6) is 0 Å². The van der Waals surface area contributed by atoms with Gasteiger partial charge in [-0.25, -0.2) is 9.98 Å². The van der Waals surface area contributed by atoms with Crippen LogP contribution >= 0.6 is 0 Å². The molecule has 0 aromatic carbocycles. The molecule has 1 aromatic heterocycles. The molecule has 0 saturated carbocycles. The second-order valence-corrected chi connectivity index (χ2v) is 6.72. The highest BCUT2D eigenvalue weighted by molar-refractivity contribution is 5.78. The highest BCUT2D eigenvalue weighted by atomic mass is 15.3. The van der Waals surface area contributed by atoms with Crippen molar-refractivity contribution in [2.75, 3.05) is 13.1 Å². The van der Waals surface area contributed by atoms with E-state index in [1.54, 1.807) is 0 Å². The molecule has 6 nitrogen and oxygen atoms in total. The van der Waals surface area contributed by atoms with Crippen molar-refractivity contribution >= 4 is 5.96 Å². The number of aromatic nitrogens is 3. The molecule has 1 aliphatic heterocycles. The monoisotopic (exact) mass is 278 g/mol. The Morgan fingerprint density at radius 2 is 2.25 bits per heavy atom.